The predicted molar refractivity (Wildman–Crippen MR) is 62.2 cm³/mol. The molecule has 2 saturated heterocycles. The summed E-state index contributed by atoms with van der Waals surface area (Å²) < 4.78 is 5.15. The molecule has 16 heavy (non-hydrogen) atoms. The van der Waals surface area contributed by atoms with Crippen LogP contribution in [0.25, 0.3) is 0 Å². The summed E-state index contributed by atoms with van der Waals surface area (Å²) in [5.74, 6) is 1.12. The summed E-state index contributed by atoms with van der Waals surface area (Å²) in [6.07, 6.45) is 3.28. The van der Waals surface area contributed by atoms with Crippen molar-refractivity contribution in [1.29, 1.82) is 0 Å². The van der Waals surface area contributed by atoms with E-state index in [4.69, 9.17) is 4.74 Å². The molecule has 2 aliphatic heterocycles. The van der Waals surface area contributed by atoms with Crippen LogP contribution < -0.4 is 5.32 Å². The number of carbonyl (C=O) groups is 1. The Morgan fingerprint density at radius 1 is 1.50 bits per heavy atom. The van der Waals surface area contributed by atoms with Crippen LogP contribution in [0.3, 0.4) is 0 Å². The van der Waals surface area contributed by atoms with Crippen molar-refractivity contribution >= 4 is 5.91 Å². The van der Waals surface area contributed by atoms with E-state index in [2.05, 4.69) is 5.32 Å². The molecule has 1 unspecified atom stereocenters. The Balaban J connectivity index is 1.81. The maximum Gasteiger partial charge on any atom is 0.226 e. The molecule has 0 aliphatic carbocycles. The van der Waals surface area contributed by atoms with Crippen LogP contribution in [0.15, 0.2) is 0 Å². The smallest absolute Gasteiger partial charge is 0.226 e. The van der Waals surface area contributed by atoms with E-state index in [1.807, 2.05) is 4.90 Å². The Bertz CT molecular complexity index is 239. The van der Waals surface area contributed by atoms with Gasteiger partial charge in [-0.25, -0.2) is 0 Å². The normalized spacial score (nSPS) is 30.7. The number of hydrogen-bond donors (Lipinski definition) is 1. The topological polar surface area (TPSA) is 41.6 Å². The molecule has 4 nitrogen and oxygen atoms in total. The number of carbonyl (C=O) groups excluding carboxylic acids is 1. The zero-order chi connectivity index (χ0) is 11.4. The fourth-order valence-corrected chi connectivity index (χ4v) is 2.73. The molecule has 92 valence electrons. The van der Waals surface area contributed by atoms with Gasteiger partial charge in [0, 0.05) is 32.7 Å². The minimum Gasteiger partial charge on any atom is -0.384 e. The number of nitrogens with one attached hydrogen (secondary N) is 1. The fourth-order valence-electron chi connectivity index (χ4n) is 2.73. The molecule has 2 rings (SSSR count). The van der Waals surface area contributed by atoms with Gasteiger partial charge in [0.05, 0.1) is 12.5 Å². The van der Waals surface area contributed by atoms with Crippen molar-refractivity contribution < 1.29 is 9.53 Å². The van der Waals surface area contributed by atoms with Gasteiger partial charge in [0.15, 0.2) is 0 Å². The van der Waals surface area contributed by atoms with Crippen molar-refractivity contribution in [3.63, 3.8) is 0 Å². The van der Waals surface area contributed by atoms with Gasteiger partial charge in [-0.2, -0.15) is 0 Å². The lowest BCUT2D eigenvalue weighted by molar-refractivity contribution is -0.135. The molecule has 2 fully saturated rings. The largest absolute Gasteiger partial charge is 0.384 e. The van der Waals surface area contributed by atoms with E-state index in [9.17, 15) is 4.79 Å². The molecule has 0 spiro atoms. The van der Waals surface area contributed by atoms with Crippen molar-refractivity contribution in [1.82, 2.24) is 10.2 Å². The van der Waals surface area contributed by atoms with Gasteiger partial charge in [-0.15, -0.1) is 0 Å². The standard InChI is InChI=1S/C12H22N2O2/c1-16-9-10-4-6-14(8-10)12(15)11-3-2-5-13-7-11/h10-11,13H,2-9H2,1H3/t10?,11-/m1/s1. The Labute approximate surface area is 97.3 Å². The first-order valence-corrected chi connectivity index (χ1v) is 6.29. The van der Waals surface area contributed by atoms with Crippen molar-refractivity contribution in [2.45, 2.75) is 19.3 Å². The zero-order valence-electron chi connectivity index (χ0n) is 10.1. The SMILES string of the molecule is COCC1CCN(C(=O)[C@@H]2CCCNC2)C1. The Kier molecular flexibility index (Phi) is 4.18. The van der Waals surface area contributed by atoms with Gasteiger partial charge < -0.3 is 15.0 Å². The molecule has 0 radical (unpaired) electrons. The molecule has 2 aliphatic rings. The quantitative estimate of drug-likeness (QED) is 0.761. The molecular formula is C12H22N2O2. The van der Waals surface area contributed by atoms with Gasteiger partial charge in [-0.3, -0.25) is 4.79 Å². The average Bonchev–Trinajstić information content (AvgIpc) is 2.78. The fraction of sp³-hybridized carbons (Fsp3) is 0.917. The lowest BCUT2D eigenvalue weighted by Crippen LogP contribution is -2.42. The van der Waals surface area contributed by atoms with Crippen molar-refractivity contribution in [3.05, 3.63) is 0 Å². The minimum absolute atomic E-state index is 0.218. The molecule has 4 heteroatoms. The number of rotatable bonds is 3. The Morgan fingerprint density at radius 3 is 3.06 bits per heavy atom. The molecule has 2 atom stereocenters. The van der Waals surface area contributed by atoms with Crippen LogP contribution in [-0.2, 0) is 9.53 Å². The summed E-state index contributed by atoms with van der Waals surface area (Å²) in [6, 6.07) is 0. The minimum atomic E-state index is 0.218. The zero-order valence-corrected chi connectivity index (χ0v) is 10.1. The van der Waals surface area contributed by atoms with Crippen molar-refractivity contribution in [3.8, 4) is 0 Å². The summed E-state index contributed by atoms with van der Waals surface area (Å²) in [4.78, 5) is 14.2. The summed E-state index contributed by atoms with van der Waals surface area (Å²) in [5, 5.41) is 3.30. The maximum absolute atomic E-state index is 12.2. The number of nitrogens with zero attached hydrogens (tertiary/aromatic N) is 1. The second-order valence-electron chi connectivity index (χ2n) is 4.94. The van der Waals surface area contributed by atoms with E-state index < -0.39 is 0 Å². The maximum atomic E-state index is 12.2. The number of amides is 1. The molecule has 1 amide bonds. The van der Waals surface area contributed by atoms with Gasteiger partial charge in [0.25, 0.3) is 0 Å². The molecule has 0 aromatic heterocycles. The van der Waals surface area contributed by atoms with Crippen molar-refractivity contribution in [2.24, 2.45) is 11.8 Å². The second kappa shape index (κ2) is 5.64. The highest BCUT2D eigenvalue weighted by Crippen LogP contribution is 2.21. The third-order valence-corrected chi connectivity index (χ3v) is 3.65. The summed E-state index contributed by atoms with van der Waals surface area (Å²) in [7, 11) is 1.73. The highest BCUT2D eigenvalue weighted by Gasteiger charge is 2.31. The summed E-state index contributed by atoms with van der Waals surface area (Å²) in [5.41, 5.74) is 0. The molecular weight excluding hydrogens is 204 g/mol. The van der Waals surface area contributed by atoms with Gasteiger partial charge in [-0.05, 0) is 25.8 Å². The monoisotopic (exact) mass is 226 g/mol. The van der Waals surface area contributed by atoms with Gasteiger partial charge in [-0.1, -0.05) is 0 Å². The first-order chi connectivity index (χ1) is 7.81. The first kappa shape index (κ1) is 11.9. The predicted octanol–water partition coefficient (Wildman–Crippen LogP) is 0.481. The van der Waals surface area contributed by atoms with Crippen LogP contribution in [0.5, 0.6) is 0 Å². The molecule has 0 saturated carbocycles. The van der Waals surface area contributed by atoms with Crippen LogP contribution >= 0.6 is 0 Å². The average molecular weight is 226 g/mol. The Hall–Kier alpha value is -0.610. The molecule has 2 heterocycles. The lowest BCUT2D eigenvalue weighted by atomic mass is 9.98. The van der Waals surface area contributed by atoms with E-state index >= 15 is 0 Å². The van der Waals surface area contributed by atoms with Crippen molar-refractivity contribution in [2.75, 3.05) is 39.9 Å². The highest BCUT2D eigenvalue weighted by atomic mass is 16.5. The molecule has 0 bridgehead atoms. The third-order valence-electron chi connectivity index (χ3n) is 3.65. The summed E-state index contributed by atoms with van der Waals surface area (Å²) in [6.45, 7) is 4.53. The van der Waals surface area contributed by atoms with Crippen LogP contribution in [0, 0.1) is 11.8 Å². The number of ether oxygens (including phenoxy) is 1. The van der Waals surface area contributed by atoms with E-state index in [-0.39, 0.29) is 5.92 Å². The molecule has 1 N–H and O–H groups in total. The lowest BCUT2D eigenvalue weighted by Gasteiger charge is -2.26. The molecule has 0 aromatic rings. The number of likely N-dealkylation sites (tertiary alicyclic amines) is 1. The number of piperidine rings is 1. The Morgan fingerprint density at radius 2 is 2.38 bits per heavy atom. The van der Waals surface area contributed by atoms with Crippen LogP contribution in [0.4, 0.5) is 0 Å². The summed E-state index contributed by atoms with van der Waals surface area (Å²) >= 11 is 0. The molecule has 0 aromatic carbocycles. The van der Waals surface area contributed by atoms with Crippen LogP contribution in [0.1, 0.15) is 19.3 Å². The second-order valence-corrected chi connectivity index (χ2v) is 4.94. The van der Waals surface area contributed by atoms with Crippen LogP contribution in [0.2, 0.25) is 0 Å². The van der Waals surface area contributed by atoms with E-state index in [0.717, 1.165) is 52.0 Å². The van der Waals surface area contributed by atoms with E-state index in [1.165, 1.54) is 0 Å². The van der Waals surface area contributed by atoms with Gasteiger partial charge in [0.1, 0.15) is 0 Å². The van der Waals surface area contributed by atoms with E-state index in [1.54, 1.807) is 7.11 Å². The van der Waals surface area contributed by atoms with E-state index in [0.29, 0.717) is 11.8 Å². The third kappa shape index (κ3) is 2.74. The van der Waals surface area contributed by atoms with Crippen LogP contribution in [-0.4, -0.2) is 50.7 Å². The van der Waals surface area contributed by atoms with Gasteiger partial charge >= 0.3 is 0 Å². The first-order valence-electron chi connectivity index (χ1n) is 6.29. The highest BCUT2D eigenvalue weighted by molar-refractivity contribution is 5.79. The number of hydrogen-bond acceptors (Lipinski definition) is 3. The van der Waals surface area contributed by atoms with Gasteiger partial charge in [0.2, 0.25) is 5.91 Å². The number of methoxy groups -OCH3 is 1.